The molecule has 0 aromatic rings. The minimum Gasteiger partial charge on any atom is -0.409 e. The van der Waals surface area contributed by atoms with E-state index in [2.05, 4.69) is 6.58 Å². The predicted octanol–water partition coefficient (Wildman–Crippen LogP) is 1.58. The van der Waals surface area contributed by atoms with Gasteiger partial charge in [0.2, 0.25) is 6.23 Å². The van der Waals surface area contributed by atoms with Gasteiger partial charge in [-0.3, -0.25) is 9.04 Å². The highest BCUT2D eigenvalue weighted by Crippen LogP contribution is 2.18. The summed E-state index contributed by atoms with van der Waals surface area (Å²) in [6.07, 6.45) is 0.342. The molecule has 0 bridgehead atoms. The number of quaternary nitrogens is 1. The Morgan fingerprint density at radius 1 is 1.30 bits per heavy atom. The van der Waals surface area contributed by atoms with Crippen molar-refractivity contribution in [3.05, 3.63) is 12.2 Å². The quantitative estimate of drug-likeness (QED) is 0.242. The fourth-order valence-corrected chi connectivity index (χ4v) is 3.01. The number of hydrogen-bond acceptors (Lipinski definition) is 4. The van der Waals surface area contributed by atoms with Crippen LogP contribution in [0.2, 0.25) is 0 Å². The third kappa shape index (κ3) is 5.60. The van der Waals surface area contributed by atoms with E-state index in [1.165, 1.54) is 0 Å². The number of ether oxygens (including phenoxy) is 1. The lowest BCUT2D eigenvalue weighted by Gasteiger charge is -2.38. The summed E-state index contributed by atoms with van der Waals surface area (Å²) in [5.41, 5.74) is 0.297. The normalized spacial score (nSPS) is 15.5. The molecule has 0 saturated carbocycles. The van der Waals surface area contributed by atoms with Gasteiger partial charge in [0.1, 0.15) is 11.8 Å². The van der Waals surface area contributed by atoms with Crippen molar-refractivity contribution in [1.82, 2.24) is 0 Å². The van der Waals surface area contributed by atoms with Crippen LogP contribution in [0.5, 0.6) is 0 Å². The summed E-state index contributed by atoms with van der Waals surface area (Å²) in [5, 5.41) is -0.880. The molecular weight excluding hydrogens is 282 g/mol. The van der Waals surface area contributed by atoms with E-state index in [1.807, 2.05) is 6.92 Å². The maximum atomic E-state index is 11.6. The summed E-state index contributed by atoms with van der Waals surface area (Å²) < 4.78 is 37.3. The van der Waals surface area contributed by atoms with Crippen LogP contribution in [0.25, 0.3) is 0 Å². The zero-order valence-electron chi connectivity index (χ0n) is 12.9. The average Bonchev–Trinajstić information content (AvgIpc) is 2.30. The van der Waals surface area contributed by atoms with Gasteiger partial charge in [-0.05, 0) is 13.3 Å². The number of carbonyl (C=O) groups excluding carboxylic acids is 1. The molecule has 2 unspecified atom stereocenters. The van der Waals surface area contributed by atoms with Crippen LogP contribution in [-0.4, -0.2) is 55.5 Å². The molecule has 0 spiro atoms. The van der Waals surface area contributed by atoms with Crippen LogP contribution >= 0.6 is 0 Å². The van der Waals surface area contributed by atoms with Crippen molar-refractivity contribution in [3.63, 3.8) is 0 Å². The predicted molar refractivity (Wildman–Crippen MR) is 77.6 cm³/mol. The highest BCUT2D eigenvalue weighted by Gasteiger charge is 2.36. The molecular formula is C13H26NO5S+. The monoisotopic (exact) mass is 308 g/mol. The second kappa shape index (κ2) is 7.19. The minimum absolute atomic E-state index is 0.161. The SMILES string of the molecule is C=C(C)C(=O)OC(CC)[N+](C)(C)CC(CC)S(=O)(=O)O. The number of hydrogen-bond donors (Lipinski definition) is 1. The van der Waals surface area contributed by atoms with Crippen LogP contribution in [0.15, 0.2) is 12.2 Å². The molecule has 1 N–H and O–H groups in total. The molecule has 6 nitrogen and oxygen atoms in total. The molecule has 0 heterocycles. The Labute approximate surface area is 121 Å². The zero-order valence-corrected chi connectivity index (χ0v) is 13.7. The van der Waals surface area contributed by atoms with Crippen LogP contribution in [0.3, 0.4) is 0 Å². The molecule has 0 aliphatic carbocycles. The lowest BCUT2D eigenvalue weighted by Crippen LogP contribution is -2.55. The number of nitrogens with zero attached hydrogens (tertiary/aromatic N) is 1. The van der Waals surface area contributed by atoms with Crippen molar-refractivity contribution in [3.8, 4) is 0 Å². The third-order valence-electron chi connectivity index (χ3n) is 3.27. The van der Waals surface area contributed by atoms with E-state index in [1.54, 1.807) is 27.9 Å². The van der Waals surface area contributed by atoms with Gasteiger partial charge in [-0.1, -0.05) is 20.4 Å². The molecule has 0 rings (SSSR count). The van der Waals surface area contributed by atoms with Gasteiger partial charge in [-0.25, -0.2) is 4.79 Å². The Bertz CT molecular complexity index is 455. The zero-order chi connectivity index (χ0) is 16.1. The van der Waals surface area contributed by atoms with E-state index in [9.17, 15) is 17.8 Å². The van der Waals surface area contributed by atoms with Gasteiger partial charge in [-0.15, -0.1) is 0 Å². The maximum Gasteiger partial charge on any atom is 0.337 e. The second-order valence-electron chi connectivity index (χ2n) is 5.55. The van der Waals surface area contributed by atoms with E-state index in [-0.39, 0.29) is 11.0 Å². The Morgan fingerprint density at radius 2 is 1.80 bits per heavy atom. The first-order valence-electron chi connectivity index (χ1n) is 6.61. The van der Waals surface area contributed by atoms with Crippen molar-refractivity contribution in [1.29, 1.82) is 0 Å². The highest BCUT2D eigenvalue weighted by molar-refractivity contribution is 7.86. The average molecular weight is 308 g/mol. The summed E-state index contributed by atoms with van der Waals surface area (Å²) in [5.74, 6) is -0.497. The molecule has 0 aromatic carbocycles. The van der Waals surface area contributed by atoms with E-state index in [0.29, 0.717) is 18.4 Å². The molecule has 0 radical (unpaired) electrons. The molecule has 0 aromatic heterocycles. The number of esters is 1. The van der Waals surface area contributed by atoms with Crippen molar-refractivity contribution >= 4 is 16.1 Å². The van der Waals surface area contributed by atoms with Gasteiger partial charge in [0.25, 0.3) is 10.1 Å². The molecule has 0 saturated heterocycles. The number of carbonyl (C=O) groups is 1. The van der Waals surface area contributed by atoms with Crippen molar-refractivity contribution in [2.75, 3.05) is 20.6 Å². The van der Waals surface area contributed by atoms with E-state index in [4.69, 9.17) is 4.74 Å². The standard InChI is InChI=1S/C13H25NO5S/c1-7-11(20(16,17)18)9-14(5,6)12(8-2)19-13(15)10(3)4/h11-12H,3,7-9H2,1-2,4-6H3/p+1. The Kier molecular flexibility index (Phi) is 6.86. The third-order valence-corrected chi connectivity index (χ3v) is 4.60. The van der Waals surface area contributed by atoms with E-state index < -0.39 is 27.6 Å². The fraction of sp³-hybridized carbons (Fsp3) is 0.769. The molecule has 0 fully saturated rings. The van der Waals surface area contributed by atoms with E-state index >= 15 is 0 Å². The largest absolute Gasteiger partial charge is 0.409 e. The summed E-state index contributed by atoms with van der Waals surface area (Å²) in [4.78, 5) is 11.6. The van der Waals surface area contributed by atoms with Gasteiger partial charge in [0.15, 0.2) is 0 Å². The Hall–Kier alpha value is -0.920. The first kappa shape index (κ1) is 19.1. The highest BCUT2D eigenvalue weighted by atomic mass is 32.2. The van der Waals surface area contributed by atoms with Crippen LogP contribution in [0.1, 0.15) is 33.6 Å². The first-order chi connectivity index (χ1) is 8.95. The molecule has 0 aliphatic heterocycles. The fourth-order valence-electron chi connectivity index (χ4n) is 2.02. The molecule has 0 aliphatic rings. The summed E-state index contributed by atoms with van der Waals surface area (Å²) in [7, 11) is -0.565. The summed E-state index contributed by atoms with van der Waals surface area (Å²) >= 11 is 0. The van der Waals surface area contributed by atoms with Crippen molar-refractivity contribution in [2.45, 2.75) is 45.1 Å². The summed E-state index contributed by atoms with van der Waals surface area (Å²) in [6.45, 7) is 8.79. The van der Waals surface area contributed by atoms with Gasteiger partial charge in [0.05, 0.1) is 14.1 Å². The Balaban J connectivity index is 5.07. The lowest BCUT2D eigenvalue weighted by molar-refractivity contribution is -0.934. The lowest BCUT2D eigenvalue weighted by atomic mass is 10.2. The first-order valence-corrected chi connectivity index (χ1v) is 8.11. The van der Waals surface area contributed by atoms with Crippen LogP contribution < -0.4 is 0 Å². The van der Waals surface area contributed by atoms with Crippen LogP contribution in [0.4, 0.5) is 0 Å². The molecule has 2 atom stereocenters. The van der Waals surface area contributed by atoms with Gasteiger partial charge < -0.3 is 4.74 Å². The van der Waals surface area contributed by atoms with E-state index in [0.717, 1.165) is 0 Å². The van der Waals surface area contributed by atoms with Crippen LogP contribution in [0, 0.1) is 0 Å². The Morgan fingerprint density at radius 3 is 2.10 bits per heavy atom. The maximum absolute atomic E-state index is 11.6. The summed E-state index contributed by atoms with van der Waals surface area (Å²) in [6, 6.07) is 0. The van der Waals surface area contributed by atoms with Crippen molar-refractivity contribution < 1.29 is 27.0 Å². The van der Waals surface area contributed by atoms with Gasteiger partial charge in [0, 0.05) is 12.0 Å². The number of rotatable bonds is 8. The molecule has 20 heavy (non-hydrogen) atoms. The minimum atomic E-state index is -4.11. The van der Waals surface area contributed by atoms with Crippen LogP contribution in [-0.2, 0) is 19.6 Å². The van der Waals surface area contributed by atoms with Gasteiger partial charge >= 0.3 is 5.97 Å². The second-order valence-corrected chi connectivity index (χ2v) is 7.25. The van der Waals surface area contributed by atoms with Gasteiger partial charge in [-0.2, -0.15) is 8.42 Å². The molecule has 118 valence electrons. The molecule has 0 amide bonds. The smallest absolute Gasteiger partial charge is 0.337 e. The van der Waals surface area contributed by atoms with Crippen molar-refractivity contribution in [2.24, 2.45) is 0 Å². The molecule has 7 heteroatoms. The topological polar surface area (TPSA) is 80.7 Å².